The van der Waals surface area contributed by atoms with E-state index in [0.717, 1.165) is 30.8 Å². The molecule has 14 heavy (non-hydrogen) atoms. The van der Waals surface area contributed by atoms with E-state index in [2.05, 4.69) is 30.8 Å². The fraction of sp³-hybridized carbons (Fsp3) is 0.556. The van der Waals surface area contributed by atoms with Crippen molar-refractivity contribution in [2.24, 2.45) is 0 Å². The van der Waals surface area contributed by atoms with Crippen molar-refractivity contribution < 1.29 is 4.74 Å². The zero-order valence-corrected chi connectivity index (χ0v) is 9.35. The largest absolute Gasteiger partial charge is 0.374 e. The third-order valence-corrected chi connectivity index (χ3v) is 2.91. The second-order valence-corrected chi connectivity index (χ2v) is 3.80. The quantitative estimate of drug-likeness (QED) is 0.744. The second kappa shape index (κ2) is 4.70. The summed E-state index contributed by atoms with van der Waals surface area (Å²) in [5.74, 6) is 0.932. The number of anilines is 1. The van der Waals surface area contributed by atoms with Gasteiger partial charge in [-0.2, -0.15) is 0 Å². The lowest BCUT2D eigenvalue weighted by Crippen LogP contribution is -2.43. The van der Waals surface area contributed by atoms with Gasteiger partial charge >= 0.3 is 0 Å². The van der Waals surface area contributed by atoms with E-state index in [1.54, 1.807) is 18.6 Å². The lowest BCUT2D eigenvalue weighted by Gasteiger charge is -2.32. The van der Waals surface area contributed by atoms with Crippen molar-refractivity contribution in [3.8, 4) is 0 Å². The van der Waals surface area contributed by atoms with Gasteiger partial charge in [-0.1, -0.05) is 15.9 Å². The molecule has 1 unspecified atom stereocenters. The third-order valence-electron chi connectivity index (χ3n) is 2.18. The number of morpholine rings is 1. The summed E-state index contributed by atoms with van der Waals surface area (Å²) in [7, 11) is 0. The highest BCUT2D eigenvalue weighted by atomic mass is 79.9. The van der Waals surface area contributed by atoms with Gasteiger partial charge in [0.05, 0.1) is 18.9 Å². The van der Waals surface area contributed by atoms with E-state index in [0.29, 0.717) is 0 Å². The Morgan fingerprint density at radius 3 is 3.21 bits per heavy atom. The molecular weight excluding hydrogens is 246 g/mol. The van der Waals surface area contributed by atoms with Gasteiger partial charge in [0.15, 0.2) is 0 Å². The highest BCUT2D eigenvalue weighted by Crippen LogP contribution is 2.14. The predicted octanol–water partition coefficient (Wildman–Crippen LogP) is 1.08. The molecule has 1 aliphatic rings. The molecule has 0 aliphatic carbocycles. The lowest BCUT2D eigenvalue weighted by atomic mass is 10.3. The van der Waals surface area contributed by atoms with Crippen LogP contribution in [-0.2, 0) is 4.74 Å². The first-order valence-electron chi connectivity index (χ1n) is 4.58. The van der Waals surface area contributed by atoms with Gasteiger partial charge in [0, 0.05) is 30.8 Å². The van der Waals surface area contributed by atoms with E-state index < -0.39 is 0 Å². The minimum absolute atomic E-state index is 0.255. The normalized spacial score (nSPS) is 22.4. The van der Waals surface area contributed by atoms with Gasteiger partial charge in [0.25, 0.3) is 0 Å². The first-order valence-corrected chi connectivity index (χ1v) is 5.71. The number of hydrogen-bond acceptors (Lipinski definition) is 4. The van der Waals surface area contributed by atoms with Crippen molar-refractivity contribution in [1.29, 1.82) is 0 Å². The van der Waals surface area contributed by atoms with Crippen LogP contribution in [-0.4, -0.2) is 41.1 Å². The van der Waals surface area contributed by atoms with Crippen LogP contribution >= 0.6 is 15.9 Å². The summed E-state index contributed by atoms with van der Waals surface area (Å²) >= 11 is 3.42. The molecule has 1 aromatic heterocycles. The van der Waals surface area contributed by atoms with Gasteiger partial charge in [0.1, 0.15) is 5.82 Å². The molecule has 1 aromatic rings. The molecule has 2 rings (SSSR count). The Hall–Kier alpha value is -0.680. The highest BCUT2D eigenvalue weighted by Gasteiger charge is 2.20. The van der Waals surface area contributed by atoms with Crippen molar-refractivity contribution >= 4 is 21.7 Å². The maximum Gasteiger partial charge on any atom is 0.147 e. The smallest absolute Gasteiger partial charge is 0.147 e. The van der Waals surface area contributed by atoms with Crippen LogP contribution in [0.3, 0.4) is 0 Å². The zero-order chi connectivity index (χ0) is 9.80. The first-order chi connectivity index (χ1) is 6.90. The second-order valence-electron chi connectivity index (χ2n) is 3.16. The number of rotatable bonds is 2. The minimum atomic E-state index is 0.255. The molecule has 0 amide bonds. The Balaban J connectivity index is 2.04. The number of ether oxygens (including phenoxy) is 1. The number of aromatic nitrogens is 2. The Bertz CT molecular complexity index is 283. The maximum absolute atomic E-state index is 5.54. The molecule has 0 N–H and O–H groups in total. The van der Waals surface area contributed by atoms with Gasteiger partial charge in [-0.15, -0.1) is 0 Å². The lowest BCUT2D eigenvalue weighted by molar-refractivity contribution is 0.0568. The average Bonchev–Trinajstić information content (AvgIpc) is 2.30. The fourth-order valence-electron chi connectivity index (χ4n) is 1.48. The van der Waals surface area contributed by atoms with Crippen LogP contribution in [0.25, 0.3) is 0 Å². The van der Waals surface area contributed by atoms with Gasteiger partial charge in [-0.25, -0.2) is 4.98 Å². The van der Waals surface area contributed by atoms with Gasteiger partial charge < -0.3 is 9.64 Å². The predicted molar refractivity (Wildman–Crippen MR) is 57.8 cm³/mol. The van der Waals surface area contributed by atoms with Crippen LogP contribution in [0.4, 0.5) is 5.82 Å². The van der Waals surface area contributed by atoms with Crippen LogP contribution in [0.1, 0.15) is 0 Å². The summed E-state index contributed by atoms with van der Waals surface area (Å²) in [4.78, 5) is 10.5. The molecule has 0 radical (unpaired) electrons. The molecule has 5 heteroatoms. The Morgan fingerprint density at radius 1 is 1.57 bits per heavy atom. The summed E-state index contributed by atoms with van der Waals surface area (Å²) in [5, 5.41) is 0.865. The van der Waals surface area contributed by atoms with E-state index in [4.69, 9.17) is 4.74 Å². The zero-order valence-electron chi connectivity index (χ0n) is 7.77. The Morgan fingerprint density at radius 2 is 2.50 bits per heavy atom. The highest BCUT2D eigenvalue weighted by molar-refractivity contribution is 9.09. The van der Waals surface area contributed by atoms with Crippen molar-refractivity contribution in [1.82, 2.24) is 9.97 Å². The van der Waals surface area contributed by atoms with E-state index in [1.165, 1.54) is 0 Å². The third kappa shape index (κ3) is 2.22. The van der Waals surface area contributed by atoms with Crippen LogP contribution in [0.2, 0.25) is 0 Å². The number of halogens is 1. The van der Waals surface area contributed by atoms with Crippen molar-refractivity contribution in [2.45, 2.75) is 6.10 Å². The molecule has 0 saturated carbocycles. The molecule has 0 aromatic carbocycles. The topological polar surface area (TPSA) is 38.2 Å². The fourth-order valence-corrected chi connectivity index (χ4v) is 1.87. The summed E-state index contributed by atoms with van der Waals surface area (Å²) in [6, 6.07) is 0. The van der Waals surface area contributed by atoms with E-state index in [9.17, 15) is 0 Å². The summed E-state index contributed by atoms with van der Waals surface area (Å²) in [6.45, 7) is 2.53. The van der Waals surface area contributed by atoms with Crippen molar-refractivity contribution in [3.63, 3.8) is 0 Å². The van der Waals surface area contributed by atoms with Gasteiger partial charge in [0.2, 0.25) is 0 Å². The van der Waals surface area contributed by atoms with Crippen molar-refractivity contribution in [2.75, 3.05) is 29.9 Å². The molecule has 2 heterocycles. The van der Waals surface area contributed by atoms with Gasteiger partial charge in [-0.05, 0) is 0 Å². The minimum Gasteiger partial charge on any atom is -0.374 e. The monoisotopic (exact) mass is 257 g/mol. The maximum atomic E-state index is 5.54. The molecule has 76 valence electrons. The van der Waals surface area contributed by atoms with Crippen LogP contribution in [0, 0.1) is 0 Å². The van der Waals surface area contributed by atoms with E-state index in [1.807, 2.05) is 0 Å². The molecule has 4 nitrogen and oxygen atoms in total. The van der Waals surface area contributed by atoms with Crippen LogP contribution < -0.4 is 4.90 Å². The summed E-state index contributed by atoms with van der Waals surface area (Å²) < 4.78 is 5.54. The van der Waals surface area contributed by atoms with Gasteiger partial charge in [-0.3, -0.25) is 4.98 Å². The molecular formula is C9H12BrN3O. The van der Waals surface area contributed by atoms with Crippen LogP contribution in [0.5, 0.6) is 0 Å². The standard InChI is InChI=1S/C9H12BrN3O/c10-5-8-7-13(3-4-14-8)9-6-11-1-2-12-9/h1-2,6,8H,3-5,7H2. The summed E-state index contributed by atoms with van der Waals surface area (Å²) in [5.41, 5.74) is 0. The number of nitrogens with zero attached hydrogens (tertiary/aromatic N) is 3. The Labute approximate surface area is 91.4 Å². The van der Waals surface area contributed by atoms with E-state index in [-0.39, 0.29) is 6.10 Å². The van der Waals surface area contributed by atoms with Crippen molar-refractivity contribution in [3.05, 3.63) is 18.6 Å². The molecule has 1 atom stereocenters. The number of alkyl halides is 1. The molecule has 0 bridgehead atoms. The van der Waals surface area contributed by atoms with Crippen LogP contribution in [0.15, 0.2) is 18.6 Å². The number of hydrogen-bond donors (Lipinski definition) is 0. The van der Waals surface area contributed by atoms with E-state index >= 15 is 0 Å². The molecule has 1 fully saturated rings. The average molecular weight is 258 g/mol. The molecule has 1 aliphatic heterocycles. The SMILES string of the molecule is BrCC1CN(c2cnccn2)CCO1. The first kappa shape index (κ1) is 9.86. The molecule has 0 spiro atoms. The Kier molecular flexibility index (Phi) is 3.31. The summed E-state index contributed by atoms with van der Waals surface area (Å²) in [6.07, 6.45) is 5.45. The molecule has 1 saturated heterocycles.